The molecule has 1 aromatic heterocycles. The number of nitrogens with one attached hydrogen (secondary N) is 3. The normalized spacial score (nSPS) is 19.2. The van der Waals surface area contributed by atoms with Gasteiger partial charge in [0.2, 0.25) is 0 Å². The van der Waals surface area contributed by atoms with E-state index in [1.807, 2.05) is 0 Å². The van der Waals surface area contributed by atoms with E-state index >= 15 is 0 Å². The van der Waals surface area contributed by atoms with Crippen LogP contribution in [0.25, 0.3) is 11.1 Å². The summed E-state index contributed by atoms with van der Waals surface area (Å²) in [6.07, 6.45) is 1.53. The molecule has 2 aromatic carbocycles. The Bertz CT molecular complexity index is 1160. The first-order valence-electron chi connectivity index (χ1n) is 8.98. The van der Waals surface area contributed by atoms with E-state index in [9.17, 15) is 18.4 Å². The molecule has 3 N–H and O–H groups in total. The van der Waals surface area contributed by atoms with Crippen molar-refractivity contribution < 1.29 is 18.4 Å². The number of aryl methyl sites for hydroxylation is 2. The number of halogens is 2. The lowest BCUT2D eigenvalue weighted by atomic mass is 9.87. The van der Waals surface area contributed by atoms with E-state index in [4.69, 9.17) is 0 Å². The number of tetrazole rings is 1. The number of hydrogen-bond acceptors (Lipinski definition) is 5. The predicted molar refractivity (Wildman–Crippen MR) is 95.5 cm³/mol. The molecular weight excluding hydrogens is 382 g/mol. The Labute approximate surface area is 162 Å². The molecule has 1 spiro atoms. The Hall–Kier alpha value is -3.69. The molecule has 1 aliphatic heterocycles. The molecule has 3 aromatic rings. The molecule has 0 saturated carbocycles. The molecule has 10 heteroatoms. The first-order chi connectivity index (χ1) is 14.0. The number of imide groups is 1. The summed E-state index contributed by atoms with van der Waals surface area (Å²) in [6, 6.07) is 6.22. The Morgan fingerprint density at radius 1 is 1.00 bits per heavy atom. The number of fused-ring (bicyclic) bond motifs is 5. The SMILES string of the molecule is O=C1NC(=O)C2(N1)c1cc(F)ccc1-c1cc(CCCc3nn[nH]n3)c(F)cc12. The highest BCUT2D eigenvalue weighted by Crippen LogP contribution is 2.49. The standard InChI is InChI=1S/C19H14F2N6O2/c20-10-4-5-11-12-6-9(2-1-3-16-24-26-27-25-16)15(21)8-14(12)19(13(11)7-10)17(28)22-18(29)23-19/h4-8H,1-3H2,(H2,22,23,28,29)(H,24,25,26,27). The average Bonchev–Trinajstić information content (AvgIpc) is 3.36. The molecule has 0 bridgehead atoms. The van der Waals surface area contributed by atoms with E-state index < -0.39 is 29.1 Å². The maximum absolute atomic E-state index is 14.9. The van der Waals surface area contributed by atoms with Gasteiger partial charge in [-0.15, -0.1) is 10.2 Å². The van der Waals surface area contributed by atoms with Gasteiger partial charge in [-0.1, -0.05) is 11.3 Å². The van der Waals surface area contributed by atoms with Crippen molar-refractivity contribution in [2.45, 2.75) is 24.8 Å². The van der Waals surface area contributed by atoms with Gasteiger partial charge in [-0.2, -0.15) is 5.21 Å². The van der Waals surface area contributed by atoms with Crippen molar-refractivity contribution in [3.8, 4) is 11.1 Å². The zero-order valence-corrected chi connectivity index (χ0v) is 14.9. The minimum atomic E-state index is -1.63. The monoisotopic (exact) mass is 396 g/mol. The van der Waals surface area contributed by atoms with Crippen LogP contribution < -0.4 is 10.6 Å². The molecule has 5 rings (SSSR count). The summed E-state index contributed by atoms with van der Waals surface area (Å²) in [6.45, 7) is 0. The van der Waals surface area contributed by atoms with Crippen molar-refractivity contribution in [3.05, 3.63) is 64.5 Å². The molecule has 2 heterocycles. The lowest BCUT2D eigenvalue weighted by Gasteiger charge is -2.23. The highest BCUT2D eigenvalue weighted by molar-refractivity contribution is 6.13. The van der Waals surface area contributed by atoms with Crippen LogP contribution in [-0.2, 0) is 23.2 Å². The summed E-state index contributed by atoms with van der Waals surface area (Å²) in [4.78, 5) is 24.6. The topological polar surface area (TPSA) is 113 Å². The smallest absolute Gasteiger partial charge is 0.316 e. The Morgan fingerprint density at radius 2 is 1.83 bits per heavy atom. The van der Waals surface area contributed by atoms with Crippen LogP contribution in [0.5, 0.6) is 0 Å². The number of rotatable bonds is 4. The van der Waals surface area contributed by atoms with Crippen LogP contribution in [0.3, 0.4) is 0 Å². The highest BCUT2D eigenvalue weighted by Gasteiger charge is 2.55. The van der Waals surface area contributed by atoms with Crippen molar-refractivity contribution >= 4 is 11.9 Å². The van der Waals surface area contributed by atoms with Gasteiger partial charge in [-0.05, 0) is 53.8 Å². The van der Waals surface area contributed by atoms with Gasteiger partial charge in [-0.3, -0.25) is 10.1 Å². The first kappa shape index (κ1) is 17.4. The van der Waals surface area contributed by atoms with Crippen LogP contribution in [0.1, 0.15) is 28.9 Å². The third-order valence-electron chi connectivity index (χ3n) is 5.37. The molecule has 1 aliphatic carbocycles. The average molecular weight is 396 g/mol. The second kappa shape index (κ2) is 6.16. The molecule has 8 nitrogen and oxygen atoms in total. The van der Waals surface area contributed by atoms with Crippen molar-refractivity contribution in [3.63, 3.8) is 0 Å². The minimum absolute atomic E-state index is 0.291. The molecule has 1 unspecified atom stereocenters. The molecule has 2 aliphatic rings. The fourth-order valence-electron chi connectivity index (χ4n) is 4.11. The van der Waals surface area contributed by atoms with Crippen molar-refractivity contribution in [2.24, 2.45) is 0 Å². The number of amides is 3. The first-order valence-corrected chi connectivity index (χ1v) is 8.98. The maximum atomic E-state index is 14.9. The molecule has 1 atom stereocenters. The van der Waals surface area contributed by atoms with E-state index in [1.54, 1.807) is 6.07 Å². The number of benzene rings is 2. The maximum Gasteiger partial charge on any atom is 0.322 e. The van der Waals surface area contributed by atoms with Crippen LogP contribution in [0.15, 0.2) is 30.3 Å². The van der Waals surface area contributed by atoms with Crippen molar-refractivity contribution in [1.82, 2.24) is 31.3 Å². The third-order valence-corrected chi connectivity index (χ3v) is 5.37. The zero-order chi connectivity index (χ0) is 20.2. The summed E-state index contributed by atoms with van der Waals surface area (Å²) >= 11 is 0. The van der Waals surface area contributed by atoms with Gasteiger partial charge in [0.05, 0.1) is 0 Å². The van der Waals surface area contributed by atoms with Gasteiger partial charge in [0.1, 0.15) is 11.6 Å². The molecule has 29 heavy (non-hydrogen) atoms. The van der Waals surface area contributed by atoms with Gasteiger partial charge in [0.25, 0.3) is 5.91 Å². The van der Waals surface area contributed by atoms with Gasteiger partial charge >= 0.3 is 6.03 Å². The number of H-pyrrole nitrogens is 1. The number of aromatic amines is 1. The van der Waals surface area contributed by atoms with Crippen LogP contribution in [-0.4, -0.2) is 32.6 Å². The Balaban J connectivity index is 1.58. The second-order valence-corrected chi connectivity index (χ2v) is 7.02. The number of nitrogens with zero attached hydrogens (tertiary/aromatic N) is 3. The molecule has 3 amide bonds. The fraction of sp³-hybridized carbons (Fsp3) is 0.211. The van der Waals surface area contributed by atoms with Gasteiger partial charge in [0, 0.05) is 17.5 Å². The molecule has 146 valence electrons. The summed E-state index contributed by atoms with van der Waals surface area (Å²) in [7, 11) is 0. The quantitative estimate of drug-likeness (QED) is 0.582. The predicted octanol–water partition coefficient (Wildman–Crippen LogP) is 1.72. The minimum Gasteiger partial charge on any atom is -0.316 e. The summed E-state index contributed by atoms with van der Waals surface area (Å²) < 4.78 is 28.9. The van der Waals surface area contributed by atoms with E-state index in [-0.39, 0.29) is 0 Å². The largest absolute Gasteiger partial charge is 0.322 e. The molecular formula is C19H14F2N6O2. The van der Waals surface area contributed by atoms with Crippen molar-refractivity contribution in [2.75, 3.05) is 0 Å². The van der Waals surface area contributed by atoms with Crippen molar-refractivity contribution in [1.29, 1.82) is 0 Å². The molecule has 1 saturated heterocycles. The number of aromatic nitrogens is 4. The number of hydrogen-bond donors (Lipinski definition) is 3. The second-order valence-electron chi connectivity index (χ2n) is 7.02. The van der Waals surface area contributed by atoms with E-state index in [2.05, 4.69) is 31.3 Å². The van der Waals surface area contributed by atoms with Crippen LogP contribution >= 0.6 is 0 Å². The Morgan fingerprint density at radius 3 is 2.55 bits per heavy atom. The Kier molecular flexibility index (Phi) is 3.70. The third kappa shape index (κ3) is 2.52. The van der Waals surface area contributed by atoms with Crippen LogP contribution in [0, 0.1) is 11.6 Å². The molecule has 1 fully saturated rings. The lowest BCUT2D eigenvalue weighted by molar-refractivity contribution is -0.122. The van der Waals surface area contributed by atoms with Crippen LogP contribution in [0.2, 0.25) is 0 Å². The summed E-state index contributed by atoms with van der Waals surface area (Å²) in [5.74, 6) is -1.17. The number of urea groups is 1. The van der Waals surface area contributed by atoms with E-state index in [0.717, 1.165) is 0 Å². The zero-order valence-electron chi connectivity index (χ0n) is 14.9. The number of carbonyl (C=O) groups excluding carboxylic acids is 2. The summed E-state index contributed by atoms with van der Waals surface area (Å²) in [5, 5.41) is 18.3. The fourth-order valence-corrected chi connectivity index (χ4v) is 4.11. The highest BCUT2D eigenvalue weighted by atomic mass is 19.1. The van der Waals surface area contributed by atoms with E-state index in [0.29, 0.717) is 52.9 Å². The van der Waals surface area contributed by atoms with E-state index in [1.165, 1.54) is 24.3 Å². The van der Waals surface area contributed by atoms with Gasteiger partial charge < -0.3 is 5.32 Å². The summed E-state index contributed by atoms with van der Waals surface area (Å²) in [5.41, 5.74) is 0.573. The van der Waals surface area contributed by atoms with Gasteiger partial charge in [-0.25, -0.2) is 13.6 Å². The molecule has 0 radical (unpaired) electrons. The lowest BCUT2D eigenvalue weighted by Crippen LogP contribution is -2.43. The van der Waals surface area contributed by atoms with Crippen LogP contribution in [0.4, 0.5) is 13.6 Å². The number of carbonyl (C=O) groups is 2. The van der Waals surface area contributed by atoms with Gasteiger partial charge in [0.15, 0.2) is 11.4 Å².